The molecule has 0 spiro atoms. The number of anilines is 1. The van der Waals surface area contributed by atoms with Gasteiger partial charge in [-0.15, -0.1) is 11.3 Å². The molecule has 0 unspecified atom stereocenters. The summed E-state index contributed by atoms with van der Waals surface area (Å²) in [5.74, 6) is 0.184. The Morgan fingerprint density at radius 1 is 1.19 bits per heavy atom. The second kappa shape index (κ2) is 7.76. The van der Waals surface area contributed by atoms with Crippen LogP contribution in [0.25, 0.3) is 10.6 Å². The van der Waals surface area contributed by atoms with Crippen molar-refractivity contribution < 1.29 is 4.79 Å². The van der Waals surface area contributed by atoms with Crippen LogP contribution in [-0.2, 0) is 0 Å². The number of nitrogens with two attached hydrogens (primary N) is 1. The van der Waals surface area contributed by atoms with Crippen LogP contribution in [0.5, 0.6) is 0 Å². The first-order valence-electron chi connectivity index (χ1n) is 7.90. The maximum atomic E-state index is 11.2. The van der Waals surface area contributed by atoms with Crippen LogP contribution in [0.15, 0.2) is 36.9 Å². The Kier molecular flexibility index (Phi) is 5.43. The highest BCUT2D eigenvalue weighted by molar-refractivity contribution is 7.16. The van der Waals surface area contributed by atoms with Crippen LogP contribution in [0.3, 0.4) is 0 Å². The third-order valence-corrected chi connectivity index (χ3v) is 5.06. The molecule has 3 aromatic rings. The topological polar surface area (TPSA) is 107 Å². The number of carbonyl (C=O) groups is 1. The molecular formula is C17H17ClN6OS. The summed E-state index contributed by atoms with van der Waals surface area (Å²) < 4.78 is 0. The first kappa shape index (κ1) is 18.2. The first-order chi connectivity index (χ1) is 12.5. The van der Waals surface area contributed by atoms with Crippen LogP contribution in [-0.4, -0.2) is 25.8 Å². The molecule has 9 heteroatoms. The summed E-state index contributed by atoms with van der Waals surface area (Å²) >= 11 is 7.48. The second-order valence-electron chi connectivity index (χ2n) is 5.93. The van der Waals surface area contributed by atoms with Crippen molar-refractivity contribution >= 4 is 34.8 Å². The lowest BCUT2D eigenvalue weighted by Crippen LogP contribution is -2.19. The average Bonchev–Trinajstić information content (AvgIpc) is 3.11. The van der Waals surface area contributed by atoms with Gasteiger partial charge in [-0.3, -0.25) is 9.78 Å². The van der Waals surface area contributed by atoms with Crippen LogP contribution < -0.4 is 11.1 Å². The molecule has 0 aliphatic carbocycles. The van der Waals surface area contributed by atoms with Gasteiger partial charge in [0, 0.05) is 24.2 Å². The van der Waals surface area contributed by atoms with E-state index in [2.05, 4.69) is 39.1 Å². The van der Waals surface area contributed by atoms with Gasteiger partial charge in [-0.05, 0) is 18.1 Å². The summed E-state index contributed by atoms with van der Waals surface area (Å²) in [6.45, 7) is 4.13. The van der Waals surface area contributed by atoms with Crippen molar-refractivity contribution in [1.29, 1.82) is 0 Å². The lowest BCUT2D eigenvalue weighted by atomic mass is 10.0. The molecule has 0 fully saturated rings. The molecule has 7 nitrogen and oxygen atoms in total. The van der Waals surface area contributed by atoms with Crippen molar-refractivity contribution in [2.45, 2.75) is 19.9 Å². The molecule has 0 aliphatic rings. The zero-order chi connectivity index (χ0) is 18.7. The Morgan fingerprint density at radius 3 is 2.50 bits per heavy atom. The number of halogens is 1. The number of rotatable bonds is 6. The van der Waals surface area contributed by atoms with Gasteiger partial charge in [0.05, 0.1) is 23.0 Å². The summed E-state index contributed by atoms with van der Waals surface area (Å²) in [6.07, 6.45) is 6.46. The third-order valence-electron chi connectivity index (χ3n) is 3.68. The summed E-state index contributed by atoms with van der Waals surface area (Å²) in [7, 11) is 0. The number of carbonyl (C=O) groups excluding carboxylic acids is 1. The molecule has 3 rings (SSSR count). The molecule has 26 heavy (non-hydrogen) atoms. The van der Waals surface area contributed by atoms with E-state index < -0.39 is 5.91 Å². The summed E-state index contributed by atoms with van der Waals surface area (Å²) in [5, 5.41) is 4.51. The Morgan fingerprint density at radius 2 is 1.92 bits per heavy atom. The molecule has 3 heterocycles. The van der Waals surface area contributed by atoms with E-state index >= 15 is 0 Å². The minimum absolute atomic E-state index is 0.129. The van der Waals surface area contributed by atoms with Gasteiger partial charge in [0.15, 0.2) is 0 Å². The van der Waals surface area contributed by atoms with Gasteiger partial charge in [-0.1, -0.05) is 25.4 Å². The number of thiazole rings is 1. The molecule has 1 atom stereocenters. The van der Waals surface area contributed by atoms with Gasteiger partial charge in [-0.2, -0.15) is 0 Å². The molecule has 134 valence electrons. The molecule has 0 radical (unpaired) electrons. The molecule has 0 saturated carbocycles. The molecular weight excluding hydrogens is 372 g/mol. The minimum atomic E-state index is -0.500. The zero-order valence-electron chi connectivity index (χ0n) is 14.2. The molecule has 1 amide bonds. The number of aromatic nitrogens is 4. The summed E-state index contributed by atoms with van der Waals surface area (Å²) in [5.41, 5.74) is 6.72. The van der Waals surface area contributed by atoms with Gasteiger partial charge in [-0.25, -0.2) is 15.0 Å². The Balaban J connectivity index is 1.81. The third kappa shape index (κ3) is 3.97. The number of nitrogens with zero attached hydrogens (tertiary/aromatic N) is 4. The van der Waals surface area contributed by atoms with E-state index in [0.717, 1.165) is 5.69 Å². The molecule has 0 aromatic carbocycles. The van der Waals surface area contributed by atoms with Gasteiger partial charge in [0.1, 0.15) is 9.88 Å². The number of pyridine rings is 1. The van der Waals surface area contributed by atoms with Crippen molar-refractivity contribution in [3.05, 3.63) is 52.5 Å². The van der Waals surface area contributed by atoms with Crippen molar-refractivity contribution in [2.75, 3.05) is 5.32 Å². The number of hydrogen-bond acceptors (Lipinski definition) is 7. The van der Waals surface area contributed by atoms with E-state index in [1.807, 2.05) is 6.07 Å². The van der Waals surface area contributed by atoms with Gasteiger partial charge >= 0.3 is 0 Å². The fourth-order valence-corrected chi connectivity index (χ4v) is 3.33. The molecule has 3 N–H and O–H groups in total. The number of primary amides is 1. The molecule has 0 bridgehead atoms. The first-order valence-corrected chi connectivity index (χ1v) is 9.10. The van der Waals surface area contributed by atoms with Crippen LogP contribution in [0, 0.1) is 5.92 Å². The Bertz CT molecular complexity index is 912. The monoisotopic (exact) mass is 388 g/mol. The Hall–Kier alpha value is -2.58. The largest absolute Gasteiger partial charge is 0.365 e. The van der Waals surface area contributed by atoms with Gasteiger partial charge < -0.3 is 11.1 Å². The highest BCUT2D eigenvalue weighted by atomic mass is 35.5. The van der Waals surface area contributed by atoms with Crippen LogP contribution >= 0.6 is 22.9 Å². The smallest absolute Gasteiger partial charge is 0.260 e. The van der Waals surface area contributed by atoms with E-state index in [4.69, 9.17) is 17.3 Å². The second-order valence-corrected chi connectivity index (χ2v) is 7.36. The molecule has 3 aromatic heterocycles. The lowest BCUT2D eigenvalue weighted by Gasteiger charge is -2.22. The highest BCUT2D eigenvalue weighted by Gasteiger charge is 2.21. The fourth-order valence-electron chi connectivity index (χ4n) is 2.35. The highest BCUT2D eigenvalue weighted by Crippen LogP contribution is 2.29. The number of amides is 1. The van der Waals surface area contributed by atoms with E-state index in [1.54, 1.807) is 24.7 Å². The van der Waals surface area contributed by atoms with Crippen LogP contribution in [0.1, 0.15) is 35.3 Å². The predicted molar refractivity (Wildman–Crippen MR) is 102 cm³/mol. The zero-order valence-corrected chi connectivity index (χ0v) is 15.8. The van der Waals surface area contributed by atoms with Gasteiger partial charge in [0.25, 0.3) is 5.91 Å². The number of nitrogens with one attached hydrogen (secondary N) is 1. The van der Waals surface area contributed by atoms with Crippen molar-refractivity contribution in [3.8, 4) is 10.6 Å². The number of hydrogen-bond donors (Lipinski definition) is 2. The Labute approximate surface area is 159 Å². The van der Waals surface area contributed by atoms with E-state index in [9.17, 15) is 4.79 Å². The van der Waals surface area contributed by atoms with Gasteiger partial charge in [0.2, 0.25) is 5.95 Å². The average molecular weight is 389 g/mol. The standard InChI is InChI=1S/C17H17ClN6OS/c1-9(2)13(14-11(18)4-3-5-20-14)24-17-22-6-10(7-23-17)16-21-8-12(26-16)15(19)25/h3-9,13H,1-2H3,(H2,19,25)(H,22,23,24)/t13-/m0/s1. The van der Waals surface area contributed by atoms with Crippen LogP contribution in [0.2, 0.25) is 5.02 Å². The van der Waals surface area contributed by atoms with E-state index in [-0.39, 0.29) is 12.0 Å². The fraction of sp³-hybridized carbons (Fsp3) is 0.235. The normalized spacial score (nSPS) is 12.2. The van der Waals surface area contributed by atoms with E-state index in [0.29, 0.717) is 26.4 Å². The van der Waals surface area contributed by atoms with Crippen molar-refractivity contribution in [1.82, 2.24) is 19.9 Å². The van der Waals surface area contributed by atoms with Crippen molar-refractivity contribution in [3.63, 3.8) is 0 Å². The lowest BCUT2D eigenvalue weighted by molar-refractivity contribution is 0.100. The van der Waals surface area contributed by atoms with Crippen LogP contribution in [0.4, 0.5) is 5.95 Å². The quantitative estimate of drug-likeness (QED) is 0.668. The molecule has 0 saturated heterocycles. The predicted octanol–water partition coefficient (Wildman–Crippen LogP) is 3.56. The van der Waals surface area contributed by atoms with E-state index in [1.165, 1.54) is 17.5 Å². The summed E-state index contributed by atoms with van der Waals surface area (Å²) in [4.78, 5) is 28.8. The maximum absolute atomic E-state index is 11.2. The van der Waals surface area contributed by atoms with Crippen molar-refractivity contribution in [2.24, 2.45) is 11.7 Å². The maximum Gasteiger partial charge on any atom is 0.260 e. The minimum Gasteiger partial charge on any atom is -0.365 e. The molecule has 0 aliphatic heterocycles. The summed E-state index contributed by atoms with van der Waals surface area (Å²) in [6, 6.07) is 3.47. The SMILES string of the molecule is CC(C)[C@H](Nc1ncc(-c2ncc(C(N)=O)s2)cn1)c1ncccc1Cl.